The van der Waals surface area contributed by atoms with Gasteiger partial charge in [-0.3, -0.25) is 10.1 Å². The Kier molecular flexibility index (Phi) is 6.01. The van der Waals surface area contributed by atoms with Crippen LogP contribution in [0.25, 0.3) is 0 Å². The number of nitrogens with one attached hydrogen (secondary N) is 1. The van der Waals surface area contributed by atoms with Gasteiger partial charge in [0.05, 0.1) is 6.04 Å². The van der Waals surface area contributed by atoms with Crippen LogP contribution < -0.4 is 5.32 Å². The average Bonchev–Trinajstić information content (AvgIpc) is 3.06. The number of hydrogen-bond acceptors (Lipinski definition) is 4. The minimum absolute atomic E-state index is 0.0190. The van der Waals surface area contributed by atoms with Gasteiger partial charge in [0, 0.05) is 25.1 Å². The van der Waals surface area contributed by atoms with E-state index in [1.807, 2.05) is 11.0 Å². The molecule has 112 valence electrons. The number of carbonyl (C=O) groups excluding carboxylic acids is 1. The van der Waals surface area contributed by atoms with Gasteiger partial charge >= 0.3 is 0 Å². The largest absolute Gasteiger partial charge is 0.385 e. The standard InChI is InChI=1S/C15H24N2O2S/c1-3-7-12-15(18)17(9-4-5-10-19-2)14(16-12)13-8-6-11-20-13/h6,8,11-12,14,16H,3-5,7,9-10H2,1-2H3. The highest BCUT2D eigenvalue weighted by molar-refractivity contribution is 7.10. The van der Waals surface area contributed by atoms with E-state index in [2.05, 4.69) is 23.7 Å². The van der Waals surface area contributed by atoms with Crippen LogP contribution in [0.5, 0.6) is 0 Å². The Morgan fingerprint density at radius 1 is 1.45 bits per heavy atom. The average molecular weight is 296 g/mol. The first-order valence-corrected chi connectivity index (χ1v) is 8.24. The Morgan fingerprint density at radius 3 is 2.95 bits per heavy atom. The van der Waals surface area contributed by atoms with Crippen LogP contribution in [0.4, 0.5) is 0 Å². The maximum Gasteiger partial charge on any atom is 0.241 e. The fraction of sp³-hybridized carbons (Fsp3) is 0.667. The molecule has 5 heteroatoms. The molecule has 1 aliphatic rings. The second kappa shape index (κ2) is 7.76. The molecule has 1 fully saturated rings. The molecule has 20 heavy (non-hydrogen) atoms. The highest BCUT2D eigenvalue weighted by Crippen LogP contribution is 2.30. The lowest BCUT2D eigenvalue weighted by Gasteiger charge is -2.23. The van der Waals surface area contributed by atoms with Crippen LogP contribution in [0.1, 0.15) is 43.6 Å². The summed E-state index contributed by atoms with van der Waals surface area (Å²) in [5, 5.41) is 5.56. The van der Waals surface area contributed by atoms with Crippen molar-refractivity contribution in [2.45, 2.75) is 44.8 Å². The smallest absolute Gasteiger partial charge is 0.241 e. The number of nitrogens with zero attached hydrogens (tertiary/aromatic N) is 1. The first kappa shape index (κ1) is 15.5. The minimum atomic E-state index is -0.0190. The third-order valence-electron chi connectivity index (χ3n) is 3.64. The number of methoxy groups -OCH3 is 1. The lowest BCUT2D eigenvalue weighted by molar-refractivity contribution is -0.130. The van der Waals surface area contributed by atoms with E-state index in [0.717, 1.165) is 38.8 Å². The fourth-order valence-corrected chi connectivity index (χ4v) is 3.42. The third kappa shape index (κ3) is 3.59. The lowest BCUT2D eigenvalue weighted by atomic mass is 10.1. The van der Waals surface area contributed by atoms with Gasteiger partial charge in [-0.15, -0.1) is 11.3 Å². The highest BCUT2D eigenvalue weighted by atomic mass is 32.1. The summed E-state index contributed by atoms with van der Waals surface area (Å²) in [7, 11) is 1.72. The first-order valence-electron chi connectivity index (χ1n) is 7.36. The van der Waals surface area contributed by atoms with Crippen molar-refractivity contribution < 1.29 is 9.53 Å². The number of hydrogen-bond donors (Lipinski definition) is 1. The van der Waals surface area contributed by atoms with Crippen molar-refractivity contribution in [1.82, 2.24) is 10.2 Å². The molecule has 0 aliphatic carbocycles. The molecular formula is C15H24N2O2S. The Balaban J connectivity index is 2.01. The molecule has 1 saturated heterocycles. The molecule has 0 saturated carbocycles. The fourth-order valence-electron chi connectivity index (χ4n) is 2.63. The van der Waals surface area contributed by atoms with Crippen molar-refractivity contribution in [3.05, 3.63) is 22.4 Å². The van der Waals surface area contributed by atoms with Crippen molar-refractivity contribution in [1.29, 1.82) is 0 Å². The Bertz CT molecular complexity index is 408. The van der Waals surface area contributed by atoms with Crippen molar-refractivity contribution >= 4 is 17.2 Å². The van der Waals surface area contributed by atoms with E-state index < -0.39 is 0 Å². The molecule has 1 aliphatic heterocycles. The monoisotopic (exact) mass is 296 g/mol. The zero-order valence-corrected chi connectivity index (χ0v) is 13.1. The summed E-state index contributed by atoms with van der Waals surface area (Å²) in [5.74, 6) is 0.252. The topological polar surface area (TPSA) is 41.6 Å². The van der Waals surface area contributed by atoms with E-state index in [9.17, 15) is 4.79 Å². The molecule has 1 aromatic heterocycles. The van der Waals surface area contributed by atoms with E-state index in [4.69, 9.17) is 4.74 Å². The Labute approximate surface area is 125 Å². The second-order valence-corrected chi connectivity index (χ2v) is 6.14. The normalized spacial score (nSPS) is 22.7. The molecule has 1 amide bonds. The molecule has 2 rings (SSSR count). The minimum Gasteiger partial charge on any atom is -0.385 e. The molecule has 2 heterocycles. The number of carbonyl (C=O) groups is 1. The van der Waals surface area contributed by atoms with E-state index in [-0.39, 0.29) is 18.1 Å². The van der Waals surface area contributed by atoms with Gasteiger partial charge < -0.3 is 9.64 Å². The van der Waals surface area contributed by atoms with Crippen LogP contribution in [0.3, 0.4) is 0 Å². The summed E-state index contributed by atoms with van der Waals surface area (Å²) >= 11 is 1.71. The predicted octanol–water partition coefficient (Wildman–Crippen LogP) is 2.77. The lowest BCUT2D eigenvalue weighted by Crippen LogP contribution is -2.31. The summed E-state index contributed by atoms with van der Waals surface area (Å²) in [5.41, 5.74) is 0. The number of amides is 1. The molecular weight excluding hydrogens is 272 g/mol. The Hall–Kier alpha value is -0.910. The van der Waals surface area contributed by atoms with Gasteiger partial charge in [0.1, 0.15) is 6.17 Å². The van der Waals surface area contributed by atoms with Gasteiger partial charge in [-0.05, 0) is 30.7 Å². The number of ether oxygens (including phenoxy) is 1. The van der Waals surface area contributed by atoms with Gasteiger partial charge in [-0.25, -0.2) is 0 Å². The zero-order valence-electron chi connectivity index (χ0n) is 12.3. The maximum atomic E-state index is 12.5. The molecule has 1 aromatic rings. The van der Waals surface area contributed by atoms with E-state index in [1.54, 1.807) is 18.4 Å². The number of thiophene rings is 1. The summed E-state index contributed by atoms with van der Waals surface area (Å²) in [4.78, 5) is 15.7. The second-order valence-electron chi connectivity index (χ2n) is 5.16. The van der Waals surface area contributed by atoms with Crippen molar-refractivity contribution in [3.8, 4) is 0 Å². The molecule has 0 spiro atoms. The van der Waals surface area contributed by atoms with Crippen LogP contribution in [-0.2, 0) is 9.53 Å². The molecule has 2 atom stereocenters. The summed E-state index contributed by atoms with van der Waals surface area (Å²) in [6.45, 7) is 3.69. The van der Waals surface area contributed by atoms with Crippen LogP contribution in [-0.4, -0.2) is 37.1 Å². The highest BCUT2D eigenvalue weighted by Gasteiger charge is 2.38. The molecule has 4 nitrogen and oxygen atoms in total. The Morgan fingerprint density at radius 2 is 2.30 bits per heavy atom. The van der Waals surface area contributed by atoms with Crippen LogP contribution in [0.2, 0.25) is 0 Å². The van der Waals surface area contributed by atoms with Crippen LogP contribution >= 0.6 is 11.3 Å². The van der Waals surface area contributed by atoms with Crippen molar-refractivity contribution in [3.63, 3.8) is 0 Å². The van der Waals surface area contributed by atoms with Crippen molar-refractivity contribution in [2.24, 2.45) is 0 Å². The van der Waals surface area contributed by atoms with Gasteiger partial charge in [0.15, 0.2) is 0 Å². The molecule has 0 aromatic carbocycles. The molecule has 0 radical (unpaired) electrons. The molecule has 2 unspecified atom stereocenters. The van der Waals surface area contributed by atoms with E-state index >= 15 is 0 Å². The number of rotatable bonds is 8. The summed E-state index contributed by atoms with van der Waals surface area (Å²) in [6, 6.07) is 4.13. The third-order valence-corrected chi connectivity index (χ3v) is 4.56. The summed E-state index contributed by atoms with van der Waals surface area (Å²) < 4.78 is 5.08. The first-order chi connectivity index (χ1) is 9.77. The molecule has 1 N–H and O–H groups in total. The van der Waals surface area contributed by atoms with E-state index in [0.29, 0.717) is 0 Å². The maximum absolute atomic E-state index is 12.5. The van der Waals surface area contributed by atoms with Crippen LogP contribution in [0, 0.1) is 0 Å². The SMILES string of the molecule is CCCC1NC(c2cccs2)N(CCCCOC)C1=O. The van der Waals surface area contributed by atoms with Gasteiger partial charge in [-0.1, -0.05) is 19.4 Å². The van der Waals surface area contributed by atoms with Gasteiger partial charge in [0.25, 0.3) is 0 Å². The van der Waals surface area contributed by atoms with Gasteiger partial charge in [-0.2, -0.15) is 0 Å². The van der Waals surface area contributed by atoms with Crippen LogP contribution in [0.15, 0.2) is 17.5 Å². The zero-order chi connectivity index (χ0) is 14.4. The van der Waals surface area contributed by atoms with Crippen molar-refractivity contribution in [2.75, 3.05) is 20.3 Å². The van der Waals surface area contributed by atoms with Gasteiger partial charge in [0.2, 0.25) is 5.91 Å². The summed E-state index contributed by atoms with van der Waals surface area (Å²) in [6.07, 6.45) is 3.98. The predicted molar refractivity (Wildman–Crippen MR) is 81.7 cm³/mol. The quantitative estimate of drug-likeness (QED) is 0.750. The number of unbranched alkanes of at least 4 members (excludes halogenated alkanes) is 1. The molecule has 0 bridgehead atoms. The van der Waals surface area contributed by atoms with E-state index in [1.165, 1.54) is 4.88 Å².